The van der Waals surface area contributed by atoms with Crippen LogP contribution in [0.15, 0.2) is 66.1 Å². The van der Waals surface area contributed by atoms with Crippen LogP contribution in [-0.2, 0) is 33.0 Å². The molecule has 4 heterocycles. The van der Waals surface area contributed by atoms with E-state index in [-0.39, 0.29) is 46.4 Å². The molecule has 264 valence electrons. The normalized spacial score (nSPS) is 10.8. The minimum Gasteiger partial charge on any atom is -0.388 e. The van der Waals surface area contributed by atoms with E-state index in [1.54, 1.807) is 83.2 Å². The number of aryl methyl sites for hydroxylation is 4. The van der Waals surface area contributed by atoms with E-state index in [9.17, 15) is 24.0 Å². The molecule has 0 unspecified atom stereocenters. The summed E-state index contributed by atoms with van der Waals surface area (Å²) in [5, 5.41) is 20.9. The van der Waals surface area contributed by atoms with Gasteiger partial charge in [-0.15, -0.1) is 0 Å². The Labute approximate surface area is 299 Å². The van der Waals surface area contributed by atoms with Crippen LogP contribution >= 0.6 is 15.9 Å². The number of nitrogens with one attached hydrogen (secondary N) is 6. The highest BCUT2D eigenvalue weighted by atomic mass is 79.9. The summed E-state index contributed by atoms with van der Waals surface area (Å²) >= 11 is 3.04. The van der Waals surface area contributed by atoms with Gasteiger partial charge < -0.3 is 50.6 Å². The molecule has 5 aromatic rings. The van der Waals surface area contributed by atoms with E-state index >= 15 is 0 Å². The van der Waals surface area contributed by atoms with Gasteiger partial charge in [0.1, 0.15) is 17.1 Å². The highest BCUT2D eigenvalue weighted by Gasteiger charge is 2.21. The quantitative estimate of drug-likeness (QED) is 0.0570. The highest BCUT2D eigenvalue weighted by molar-refractivity contribution is 9.12. The molecule has 0 bridgehead atoms. The van der Waals surface area contributed by atoms with Crippen molar-refractivity contribution >= 4 is 85.1 Å². The van der Waals surface area contributed by atoms with Crippen LogP contribution in [0.1, 0.15) is 48.5 Å². The van der Waals surface area contributed by atoms with Crippen LogP contribution in [0.25, 0.3) is 11.0 Å². The molecule has 0 saturated carbocycles. The van der Waals surface area contributed by atoms with E-state index in [1.165, 1.54) is 18.2 Å². The summed E-state index contributed by atoms with van der Waals surface area (Å²) in [6, 6.07) is 9.60. The minimum atomic E-state index is -0.511. The molecule has 51 heavy (non-hydrogen) atoms. The second-order valence-electron chi connectivity index (χ2n) is 11.6. The fourth-order valence-electron chi connectivity index (χ4n) is 5.23. The predicted octanol–water partition coefficient (Wildman–Crippen LogP) is 3.25. The molecule has 8 N–H and O–H groups in total. The molecule has 0 fully saturated rings. The van der Waals surface area contributed by atoms with E-state index in [2.05, 4.69) is 54.1 Å². The van der Waals surface area contributed by atoms with E-state index < -0.39 is 23.6 Å². The molecule has 4 aromatic heterocycles. The number of anilines is 4. The monoisotopic (exact) mass is 758 g/mol. The first-order chi connectivity index (χ1) is 24.1. The predicted molar refractivity (Wildman–Crippen MR) is 196 cm³/mol. The Morgan fingerprint density at radius 2 is 1.24 bits per heavy atom. The smallest absolute Gasteiger partial charge is 0.291 e. The SMILES string of the molecule is C=C(Br)C(=O)Nc1ccc2c(c1)nc(C(=O)Nc1cc(C(=O)Nc3cc(C(=O)Nc4cc(C(=O)NCCC(=N)N)n(C)c4)n(C)c3)n(C)c1)n2C. The first kappa shape index (κ1) is 35.9. The van der Waals surface area contributed by atoms with Crippen molar-refractivity contribution in [1.29, 1.82) is 5.41 Å². The summed E-state index contributed by atoms with van der Waals surface area (Å²) in [5.41, 5.74) is 8.85. The van der Waals surface area contributed by atoms with Crippen LogP contribution < -0.4 is 32.3 Å². The molecule has 5 rings (SSSR count). The number of fused-ring (bicyclic) bond motifs is 1. The van der Waals surface area contributed by atoms with Crippen LogP contribution in [-0.4, -0.2) is 65.2 Å². The maximum atomic E-state index is 13.3. The maximum absolute atomic E-state index is 13.3. The van der Waals surface area contributed by atoms with Crippen molar-refractivity contribution in [3.8, 4) is 0 Å². The molecule has 0 radical (unpaired) electrons. The van der Waals surface area contributed by atoms with Gasteiger partial charge in [-0.2, -0.15) is 0 Å². The Kier molecular flexibility index (Phi) is 10.3. The van der Waals surface area contributed by atoms with Gasteiger partial charge in [-0.1, -0.05) is 6.58 Å². The maximum Gasteiger partial charge on any atom is 0.291 e. The Bertz CT molecular complexity index is 2260. The fraction of sp³-hybridized carbons (Fsp3) is 0.182. The van der Waals surface area contributed by atoms with Gasteiger partial charge in [0, 0.05) is 65.4 Å². The Balaban J connectivity index is 1.22. The first-order valence-corrected chi connectivity index (χ1v) is 16.1. The topological polar surface area (TPSA) is 228 Å². The molecule has 0 aliphatic rings. The van der Waals surface area contributed by atoms with Gasteiger partial charge >= 0.3 is 0 Å². The minimum absolute atomic E-state index is 0.0375. The third-order valence-electron chi connectivity index (χ3n) is 7.75. The molecule has 18 heteroatoms. The van der Waals surface area contributed by atoms with E-state index in [0.29, 0.717) is 39.5 Å². The summed E-state index contributed by atoms with van der Waals surface area (Å²) in [4.78, 5) is 68.5. The molecule has 17 nitrogen and oxygen atoms in total. The molecule has 5 amide bonds. The highest BCUT2D eigenvalue weighted by Crippen LogP contribution is 2.23. The number of carbonyl (C=O) groups excluding carboxylic acids is 5. The largest absolute Gasteiger partial charge is 0.388 e. The number of amides is 5. The molecule has 1 aromatic carbocycles. The van der Waals surface area contributed by atoms with Gasteiger partial charge in [0.15, 0.2) is 5.82 Å². The van der Waals surface area contributed by atoms with Crippen molar-refractivity contribution in [1.82, 2.24) is 28.6 Å². The van der Waals surface area contributed by atoms with Gasteiger partial charge in [-0.05, 0) is 52.3 Å². The summed E-state index contributed by atoms with van der Waals surface area (Å²) in [5.74, 6) is -2.17. The number of amidine groups is 1. The lowest BCUT2D eigenvalue weighted by molar-refractivity contribution is -0.112. The van der Waals surface area contributed by atoms with Gasteiger partial charge in [-0.3, -0.25) is 29.4 Å². The number of hydrogen-bond acceptors (Lipinski definition) is 7. The molecule has 0 aliphatic heterocycles. The lowest BCUT2D eigenvalue weighted by atomic mass is 10.2. The lowest BCUT2D eigenvalue weighted by Gasteiger charge is -2.04. The summed E-state index contributed by atoms with van der Waals surface area (Å²) in [6.07, 6.45) is 4.97. The Morgan fingerprint density at radius 3 is 1.73 bits per heavy atom. The van der Waals surface area contributed by atoms with E-state index in [1.807, 2.05) is 0 Å². The summed E-state index contributed by atoms with van der Waals surface area (Å²) < 4.78 is 6.44. The number of hydrogen-bond donors (Lipinski definition) is 7. The summed E-state index contributed by atoms with van der Waals surface area (Å²) in [7, 11) is 6.66. The number of benzene rings is 1. The van der Waals surface area contributed by atoms with Crippen molar-refractivity contribution in [2.24, 2.45) is 33.9 Å². The zero-order valence-corrected chi connectivity index (χ0v) is 29.6. The van der Waals surface area contributed by atoms with Crippen LogP contribution in [0.3, 0.4) is 0 Å². The Morgan fingerprint density at radius 1 is 0.745 bits per heavy atom. The average molecular weight is 760 g/mol. The number of aromatic nitrogens is 5. The zero-order chi connectivity index (χ0) is 37.1. The third-order valence-corrected chi connectivity index (χ3v) is 8.11. The number of rotatable bonds is 12. The number of carbonyl (C=O) groups is 5. The van der Waals surface area contributed by atoms with Crippen molar-refractivity contribution < 1.29 is 24.0 Å². The van der Waals surface area contributed by atoms with Crippen molar-refractivity contribution in [2.45, 2.75) is 6.42 Å². The number of halogens is 1. The standard InChI is InChI=1S/C33H35BrN12O5/c1-17(34)29(47)38-18-6-7-23-22(10-18)42-28(46(23)5)33(51)41-21-13-26(45(4)16-21)32(50)40-20-12-25(44(3)15-20)31(49)39-19-11-24(43(2)14-19)30(48)37-9-8-27(35)36/h6-7,10-16H,1,8-9H2,2-5H3,(H3,35,36)(H,37,48)(H,38,47)(H,39,49)(H,40,50)(H,41,51). The van der Waals surface area contributed by atoms with Gasteiger partial charge in [-0.25, -0.2) is 4.98 Å². The summed E-state index contributed by atoms with van der Waals surface area (Å²) in [6.45, 7) is 3.76. The number of imidazole rings is 1. The molecule has 0 saturated heterocycles. The average Bonchev–Trinajstić information content (AvgIpc) is 3.80. The molecule has 0 spiro atoms. The second kappa shape index (κ2) is 14.6. The van der Waals surface area contributed by atoms with Gasteiger partial charge in [0.2, 0.25) is 0 Å². The second-order valence-corrected chi connectivity index (χ2v) is 12.6. The fourth-order valence-corrected chi connectivity index (χ4v) is 5.33. The molecule has 0 atom stereocenters. The molecular weight excluding hydrogens is 724 g/mol. The van der Waals surface area contributed by atoms with E-state index in [4.69, 9.17) is 11.1 Å². The van der Waals surface area contributed by atoms with Crippen molar-refractivity contribution in [2.75, 3.05) is 27.8 Å². The van der Waals surface area contributed by atoms with Crippen molar-refractivity contribution in [3.05, 3.63) is 89.0 Å². The Hall–Kier alpha value is -6.43. The zero-order valence-electron chi connectivity index (χ0n) is 28.1. The van der Waals surface area contributed by atoms with Gasteiger partial charge in [0.05, 0.1) is 38.4 Å². The lowest BCUT2D eigenvalue weighted by Crippen LogP contribution is -2.28. The number of nitrogens with two attached hydrogens (primary N) is 1. The number of nitrogens with zero attached hydrogens (tertiary/aromatic N) is 5. The first-order valence-electron chi connectivity index (χ1n) is 15.3. The van der Waals surface area contributed by atoms with Crippen LogP contribution in [0.4, 0.5) is 22.7 Å². The van der Waals surface area contributed by atoms with Crippen LogP contribution in [0.2, 0.25) is 0 Å². The van der Waals surface area contributed by atoms with Crippen LogP contribution in [0.5, 0.6) is 0 Å². The molecule has 0 aliphatic carbocycles. The van der Waals surface area contributed by atoms with Crippen LogP contribution in [0, 0.1) is 5.41 Å². The molecular formula is C33H35BrN12O5. The third kappa shape index (κ3) is 8.07. The van der Waals surface area contributed by atoms with Crippen molar-refractivity contribution in [3.63, 3.8) is 0 Å². The van der Waals surface area contributed by atoms with Gasteiger partial charge in [0.25, 0.3) is 29.5 Å². The van der Waals surface area contributed by atoms with E-state index in [0.717, 1.165) is 0 Å².